The summed E-state index contributed by atoms with van der Waals surface area (Å²) in [6.45, 7) is -0.613. The Bertz CT molecular complexity index is 215. The molecule has 54 valence electrons. The summed E-state index contributed by atoms with van der Waals surface area (Å²) in [4.78, 5) is 0. The van der Waals surface area contributed by atoms with Crippen molar-refractivity contribution in [1.29, 1.82) is 0 Å². The summed E-state index contributed by atoms with van der Waals surface area (Å²) in [6, 6.07) is 4.91. The molecule has 0 fully saturated rings. The fourth-order valence-electron chi connectivity index (χ4n) is 0.660. The largest absolute Gasteiger partial charge is 0.246 e. The summed E-state index contributed by atoms with van der Waals surface area (Å²) in [5, 5.41) is 0.769. The van der Waals surface area contributed by atoms with Crippen molar-refractivity contribution in [1.82, 2.24) is 0 Å². The highest BCUT2D eigenvalue weighted by Crippen LogP contribution is 2.24. The van der Waals surface area contributed by atoms with Crippen LogP contribution in [0.4, 0.5) is 4.39 Å². The number of benzene rings is 1. The zero-order valence-electron chi connectivity index (χ0n) is 5.07. The number of hydrogen-bond acceptors (Lipinski definition) is 0. The molecule has 10 heavy (non-hydrogen) atoms. The van der Waals surface area contributed by atoms with Gasteiger partial charge in [-0.05, 0) is 12.1 Å². The van der Waals surface area contributed by atoms with Crippen LogP contribution in [0.25, 0.3) is 0 Å². The Labute approximate surface area is 68.6 Å². The highest BCUT2D eigenvalue weighted by Gasteiger charge is 2.02. The van der Waals surface area contributed by atoms with E-state index in [1.165, 1.54) is 0 Å². The zero-order valence-corrected chi connectivity index (χ0v) is 6.58. The normalized spacial score (nSPS) is 9.90. The fraction of sp³-hybridized carbons (Fsp3) is 0.143. The highest BCUT2D eigenvalue weighted by atomic mass is 35.5. The summed E-state index contributed by atoms with van der Waals surface area (Å²) in [5.74, 6) is 0. The maximum atomic E-state index is 12.1. The van der Waals surface area contributed by atoms with Crippen LogP contribution in [0.3, 0.4) is 0 Å². The molecule has 0 amide bonds. The first-order chi connectivity index (χ1) is 4.75. The van der Waals surface area contributed by atoms with Gasteiger partial charge in [0.2, 0.25) is 0 Å². The third kappa shape index (κ3) is 1.41. The molecule has 0 heterocycles. The average molecular weight is 179 g/mol. The van der Waals surface area contributed by atoms with Crippen LogP contribution >= 0.6 is 23.2 Å². The second-order valence-electron chi connectivity index (χ2n) is 1.83. The lowest BCUT2D eigenvalue weighted by molar-refractivity contribution is 0.485. The second-order valence-corrected chi connectivity index (χ2v) is 2.65. The van der Waals surface area contributed by atoms with Crippen molar-refractivity contribution in [3.63, 3.8) is 0 Å². The van der Waals surface area contributed by atoms with Gasteiger partial charge in [0.25, 0.3) is 0 Å². The lowest BCUT2D eigenvalue weighted by Gasteiger charge is -1.99. The molecule has 1 aromatic rings. The molecule has 0 radical (unpaired) electrons. The Kier molecular flexibility index (Phi) is 2.52. The Morgan fingerprint density at radius 2 is 1.70 bits per heavy atom. The van der Waals surface area contributed by atoms with E-state index in [1.807, 2.05) is 0 Å². The molecule has 0 unspecified atom stereocenters. The second kappa shape index (κ2) is 3.22. The van der Waals surface area contributed by atoms with Gasteiger partial charge in [-0.15, -0.1) is 0 Å². The summed E-state index contributed by atoms with van der Waals surface area (Å²) in [6.07, 6.45) is 0. The van der Waals surface area contributed by atoms with Gasteiger partial charge in [0, 0.05) is 15.6 Å². The van der Waals surface area contributed by atoms with Gasteiger partial charge in [-0.25, -0.2) is 4.39 Å². The minimum Gasteiger partial charge on any atom is -0.246 e. The zero-order chi connectivity index (χ0) is 7.56. The molecule has 0 aliphatic heterocycles. The van der Waals surface area contributed by atoms with Gasteiger partial charge in [0.15, 0.2) is 0 Å². The van der Waals surface area contributed by atoms with E-state index < -0.39 is 6.67 Å². The number of hydrogen-bond donors (Lipinski definition) is 0. The van der Waals surface area contributed by atoms with Crippen molar-refractivity contribution in [3.05, 3.63) is 33.8 Å². The van der Waals surface area contributed by atoms with Gasteiger partial charge in [-0.2, -0.15) is 0 Å². The predicted octanol–water partition coefficient (Wildman–Crippen LogP) is 3.46. The molecule has 0 aliphatic carbocycles. The van der Waals surface area contributed by atoms with E-state index in [-0.39, 0.29) is 0 Å². The first-order valence-corrected chi connectivity index (χ1v) is 3.50. The van der Waals surface area contributed by atoms with Gasteiger partial charge in [0.05, 0.1) is 0 Å². The summed E-state index contributed by atoms with van der Waals surface area (Å²) in [7, 11) is 0. The Balaban J connectivity index is 3.17. The topological polar surface area (TPSA) is 0 Å². The van der Waals surface area contributed by atoms with E-state index >= 15 is 0 Å². The SMILES string of the molecule is FCc1c(Cl)cccc1Cl. The molecule has 0 bridgehead atoms. The van der Waals surface area contributed by atoms with Gasteiger partial charge >= 0.3 is 0 Å². The van der Waals surface area contributed by atoms with Gasteiger partial charge in [-0.3, -0.25) is 0 Å². The van der Waals surface area contributed by atoms with Crippen molar-refractivity contribution < 1.29 is 4.39 Å². The van der Waals surface area contributed by atoms with Crippen LogP contribution < -0.4 is 0 Å². The summed E-state index contributed by atoms with van der Waals surface area (Å²) >= 11 is 11.2. The molecule has 1 aromatic carbocycles. The molecule has 0 spiro atoms. The third-order valence-corrected chi connectivity index (χ3v) is 1.90. The van der Waals surface area contributed by atoms with Crippen LogP contribution in [0.2, 0.25) is 10.0 Å². The van der Waals surface area contributed by atoms with Crippen molar-refractivity contribution in [3.8, 4) is 0 Å². The molecule has 0 N–H and O–H groups in total. The third-order valence-electron chi connectivity index (χ3n) is 1.20. The number of rotatable bonds is 1. The first kappa shape index (κ1) is 7.83. The lowest BCUT2D eigenvalue weighted by atomic mass is 10.2. The molecule has 0 aromatic heterocycles. The summed E-state index contributed by atoms with van der Waals surface area (Å²) in [5.41, 5.74) is 0.367. The maximum Gasteiger partial charge on any atom is 0.117 e. The van der Waals surface area contributed by atoms with Gasteiger partial charge in [0.1, 0.15) is 6.67 Å². The Morgan fingerprint density at radius 1 is 1.20 bits per heavy atom. The van der Waals surface area contributed by atoms with Crippen molar-refractivity contribution in [2.45, 2.75) is 6.67 Å². The van der Waals surface area contributed by atoms with E-state index in [0.717, 1.165) is 0 Å². The minimum atomic E-state index is -0.613. The van der Waals surface area contributed by atoms with Crippen LogP contribution in [-0.4, -0.2) is 0 Å². The monoisotopic (exact) mass is 178 g/mol. The van der Waals surface area contributed by atoms with Crippen molar-refractivity contribution >= 4 is 23.2 Å². The van der Waals surface area contributed by atoms with Gasteiger partial charge < -0.3 is 0 Å². The molecule has 0 aliphatic rings. The van der Waals surface area contributed by atoms with E-state index in [4.69, 9.17) is 23.2 Å². The average Bonchev–Trinajstić information content (AvgIpc) is 1.88. The molecule has 1 rings (SSSR count). The fourth-order valence-corrected chi connectivity index (χ4v) is 1.16. The Hall–Kier alpha value is -0.270. The minimum absolute atomic E-state index is 0.367. The van der Waals surface area contributed by atoms with Gasteiger partial charge in [-0.1, -0.05) is 29.3 Å². The number of halogens is 3. The van der Waals surface area contributed by atoms with Crippen LogP contribution in [-0.2, 0) is 6.67 Å². The molecular formula is C7H5Cl2F. The molecule has 0 saturated heterocycles. The standard InChI is InChI=1S/C7H5Cl2F/c8-6-2-1-3-7(9)5(6)4-10/h1-3H,4H2. The molecule has 0 atom stereocenters. The van der Waals surface area contributed by atoms with Crippen molar-refractivity contribution in [2.75, 3.05) is 0 Å². The molecular weight excluding hydrogens is 174 g/mol. The number of alkyl halides is 1. The van der Waals surface area contributed by atoms with E-state index in [2.05, 4.69) is 0 Å². The van der Waals surface area contributed by atoms with Crippen LogP contribution in [0.15, 0.2) is 18.2 Å². The quantitative estimate of drug-likeness (QED) is 0.619. The predicted molar refractivity (Wildman–Crippen MR) is 41.3 cm³/mol. The van der Waals surface area contributed by atoms with Crippen molar-refractivity contribution in [2.24, 2.45) is 0 Å². The highest BCUT2D eigenvalue weighted by molar-refractivity contribution is 6.35. The first-order valence-electron chi connectivity index (χ1n) is 2.74. The molecule has 0 saturated carbocycles. The van der Waals surface area contributed by atoms with E-state index in [9.17, 15) is 4.39 Å². The Morgan fingerprint density at radius 3 is 2.00 bits per heavy atom. The smallest absolute Gasteiger partial charge is 0.117 e. The van der Waals surface area contributed by atoms with E-state index in [0.29, 0.717) is 15.6 Å². The lowest BCUT2D eigenvalue weighted by Crippen LogP contribution is -1.81. The van der Waals surface area contributed by atoms with E-state index in [1.54, 1.807) is 18.2 Å². The van der Waals surface area contributed by atoms with Crippen LogP contribution in [0.5, 0.6) is 0 Å². The molecule has 3 heteroatoms. The summed E-state index contributed by atoms with van der Waals surface area (Å²) < 4.78 is 12.1. The van der Waals surface area contributed by atoms with Crippen LogP contribution in [0.1, 0.15) is 5.56 Å². The van der Waals surface area contributed by atoms with Crippen LogP contribution in [0, 0.1) is 0 Å². The maximum absolute atomic E-state index is 12.1. The molecule has 0 nitrogen and oxygen atoms in total.